The monoisotopic (exact) mass is 590 g/mol. The van der Waals surface area contributed by atoms with Crippen molar-refractivity contribution in [2.45, 2.75) is 71.0 Å². The highest BCUT2D eigenvalue weighted by atomic mass is 19.1. The molecule has 7 rings (SSSR count). The third-order valence-electron chi connectivity index (χ3n) is 8.88. The number of amides is 1. The highest BCUT2D eigenvalue weighted by Gasteiger charge is 2.46. The zero-order chi connectivity index (χ0) is 30.2. The summed E-state index contributed by atoms with van der Waals surface area (Å²) in [4.78, 5) is 44.4. The van der Waals surface area contributed by atoms with E-state index < -0.39 is 29.0 Å². The minimum atomic E-state index is -1.97. The lowest BCUT2D eigenvalue weighted by molar-refractivity contribution is -0.743. The van der Waals surface area contributed by atoms with Gasteiger partial charge in [0.1, 0.15) is 24.2 Å². The fourth-order valence-electron chi connectivity index (χ4n) is 6.67. The number of nitrogens with one attached hydrogen (secondary N) is 1. The predicted octanol–water partition coefficient (Wildman–Crippen LogP) is 0.202. The van der Waals surface area contributed by atoms with E-state index in [1.807, 2.05) is 0 Å². The number of benzene rings is 1. The zero-order valence-corrected chi connectivity index (χ0v) is 23.6. The quantitative estimate of drug-likeness (QED) is 0.185. The lowest BCUT2D eigenvalue weighted by Gasteiger charge is -2.31. The largest absolute Gasteiger partial charge is 0.458 e. The van der Waals surface area contributed by atoms with Gasteiger partial charge < -0.3 is 24.8 Å². The number of aromatic nitrogens is 6. The second-order valence-corrected chi connectivity index (χ2v) is 11.2. The number of esters is 1. The van der Waals surface area contributed by atoms with Crippen molar-refractivity contribution < 1.29 is 33.6 Å². The first-order valence-electron chi connectivity index (χ1n) is 14.2. The van der Waals surface area contributed by atoms with Gasteiger partial charge in [-0.2, -0.15) is 0 Å². The van der Waals surface area contributed by atoms with Gasteiger partial charge in [0.2, 0.25) is 6.33 Å². The van der Waals surface area contributed by atoms with E-state index in [9.17, 15) is 19.5 Å². The summed E-state index contributed by atoms with van der Waals surface area (Å²) in [5, 5.41) is 32.0. The SMILES string of the molecule is CC[C@@]1(O)C(=O)OCc2c1cc1n(c2=O)Cc2c-1nc1cc(F)c(C)c3c1c2[C@@H](NC(=O)C[n+]1cn(CCO)nn1)CC3. The molecule has 0 fully saturated rings. The van der Waals surface area contributed by atoms with Crippen LogP contribution in [0.15, 0.2) is 23.3 Å². The lowest BCUT2D eigenvalue weighted by atomic mass is 9.81. The number of aliphatic hydroxyl groups excluding tert-OH is 1. The molecule has 4 aromatic rings. The van der Waals surface area contributed by atoms with E-state index in [0.717, 1.165) is 22.1 Å². The number of hydrogen-bond donors (Lipinski definition) is 3. The highest BCUT2D eigenvalue weighted by Crippen LogP contribution is 2.45. The van der Waals surface area contributed by atoms with Crippen LogP contribution in [0.4, 0.5) is 4.39 Å². The smallest absolute Gasteiger partial charge is 0.343 e. The molecule has 222 valence electrons. The first kappa shape index (κ1) is 27.3. The Balaban J connectivity index is 1.36. The summed E-state index contributed by atoms with van der Waals surface area (Å²) >= 11 is 0. The third-order valence-corrected chi connectivity index (χ3v) is 8.88. The van der Waals surface area contributed by atoms with Crippen molar-refractivity contribution in [1.82, 2.24) is 30.0 Å². The molecule has 0 saturated heterocycles. The molecule has 5 heterocycles. The van der Waals surface area contributed by atoms with Gasteiger partial charge in [-0.1, -0.05) is 11.6 Å². The first-order valence-corrected chi connectivity index (χ1v) is 14.2. The molecule has 14 heteroatoms. The Morgan fingerprint density at radius 3 is 2.86 bits per heavy atom. The average Bonchev–Trinajstić information content (AvgIpc) is 3.58. The third kappa shape index (κ3) is 4.00. The molecular weight excluding hydrogens is 561 g/mol. The second kappa shape index (κ2) is 9.74. The van der Waals surface area contributed by atoms with Crippen LogP contribution in [0.25, 0.3) is 22.3 Å². The van der Waals surface area contributed by atoms with Crippen LogP contribution >= 0.6 is 0 Å². The van der Waals surface area contributed by atoms with E-state index in [1.54, 1.807) is 19.9 Å². The second-order valence-electron chi connectivity index (χ2n) is 11.2. The molecule has 1 aliphatic carbocycles. The van der Waals surface area contributed by atoms with Crippen molar-refractivity contribution >= 4 is 22.8 Å². The molecule has 1 aromatic carbocycles. The number of halogens is 1. The molecule has 3 N–H and O–H groups in total. The summed E-state index contributed by atoms with van der Waals surface area (Å²) in [6, 6.07) is 2.53. The Morgan fingerprint density at radius 1 is 1.28 bits per heavy atom. The maximum absolute atomic E-state index is 15.1. The summed E-state index contributed by atoms with van der Waals surface area (Å²) in [6.07, 6.45) is 2.55. The number of pyridine rings is 2. The zero-order valence-electron chi connectivity index (χ0n) is 23.6. The number of cyclic esters (lactones) is 1. The van der Waals surface area contributed by atoms with Crippen LogP contribution in [0.5, 0.6) is 0 Å². The molecule has 2 atom stereocenters. The van der Waals surface area contributed by atoms with Gasteiger partial charge in [0, 0.05) is 22.6 Å². The van der Waals surface area contributed by atoms with Crippen molar-refractivity contribution in [2.24, 2.45) is 0 Å². The van der Waals surface area contributed by atoms with Crippen LogP contribution < -0.4 is 15.6 Å². The molecule has 0 bridgehead atoms. The maximum Gasteiger partial charge on any atom is 0.343 e. The van der Waals surface area contributed by atoms with Gasteiger partial charge in [-0.25, -0.2) is 14.2 Å². The van der Waals surface area contributed by atoms with E-state index in [4.69, 9.17) is 14.8 Å². The highest BCUT2D eigenvalue weighted by molar-refractivity contribution is 5.93. The summed E-state index contributed by atoms with van der Waals surface area (Å²) < 4.78 is 24.6. The molecule has 13 nitrogen and oxygen atoms in total. The van der Waals surface area contributed by atoms with Gasteiger partial charge >= 0.3 is 5.97 Å². The number of tetrazole rings is 1. The molecule has 0 saturated carbocycles. The molecule has 1 amide bonds. The number of aryl methyl sites for hydroxylation is 1. The number of rotatable bonds is 6. The van der Waals surface area contributed by atoms with Gasteiger partial charge in [0.05, 0.1) is 41.7 Å². The van der Waals surface area contributed by atoms with E-state index >= 15 is 4.39 Å². The number of ether oxygens (including phenoxy) is 1. The van der Waals surface area contributed by atoms with Crippen LogP contribution in [0, 0.1) is 12.7 Å². The van der Waals surface area contributed by atoms with Gasteiger partial charge in [0.25, 0.3) is 11.5 Å². The maximum atomic E-state index is 15.1. The van der Waals surface area contributed by atoms with Crippen molar-refractivity contribution in [1.29, 1.82) is 0 Å². The number of nitrogens with zero attached hydrogens (tertiary/aromatic N) is 6. The van der Waals surface area contributed by atoms with Gasteiger partial charge in [-0.15, -0.1) is 4.68 Å². The molecule has 0 spiro atoms. The van der Waals surface area contributed by atoms with E-state index in [1.165, 1.54) is 26.3 Å². The topological polar surface area (TPSA) is 165 Å². The Kier molecular flexibility index (Phi) is 6.18. The van der Waals surface area contributed by atoms with Crippen LogP contribution in [0.2, 0.25) is 0 Å². The van der Waals surface area contributed by atoms with Crippen molar-refractivity contribution in [3.63, 3.8) is 0 Å². The summed E-state index contributed by atoms with van der Waals surface area (Å²) in [6.45, 7) is 3.29. The molecule has 2 aliphatic heterocycles. The Morgan fingerprint density at radius 2 is 2.09 bits per heavy atom. The van der Waals surface area contributed by atoms with Crippen LogP contribution in [0.1, 0.15) is 59.2 Å². The van der Waals surface area contributed by atoms with Crippen molar-refractivity contribution in [3.05, 3.63) is 68.0 Å². The Bertz CT molecular complexity index is 1940. The summed E-state index contributed by atoms with van der Waals surface area (Å²) in [7, 11) is 0. The molecule has 0 unspecified atom stereocenters. The minimum Gasteiger partial charge on any atom is -0.458 e. The number of aliphatic hydroxyl groups is 2. The number of carbonyl (C=O) groups excluding carboxylic acids is 2. The van der Waals surface area contributed by atoms with Gasteiger partial charge in [0.15, 0.2) is 17.4 Å². The van der Waals surface area contributed by atoms with E-state index in [2.05, 4.69) is 15.7 Å². The molecule has 3 aromatic heterocycles. The molecule has 0 radical (unpaired) electrons. The normalized spacial score (nSPS) is 20.0. The fraction of sp³-hybridized carbons (Fsp3) is 0.414. The molecular formula is C29H29FN7O6+. The summed E-state index contributed by atoms with van der Waals surface area (Å²) in [5.41, 5.74) is 2.10. The number of carbonyl (C=O) groups is 2. The van der Waals surface area contributed by atoms with Gasteiger partial charge in [-0.3, -0.25) is 9.59 Å². The van der Waals surface area contributed by atoms with Crippen LogP contribution in [-0.2, 0) is 52.6 Å². The minimum absolute atomic E-state index is 0.0126. The number of hydrogen-bond acceptors (Lipinski definition) is 9. The summed E-state index contributed by atoms with van der Waals surface area (Å²) in [5.74, 6) is -1.53. The lowest BCUT2D eigenvalue weighted by Crippen LogP contribution is -2.45. The van der Waals surface area contributed by atoms with Gasteiger partial charge in [-0.05, 0) is 48.9 Å². The average molecular weight is 591 g/mol. The van der Waals surface area contributed by atoms with Crippen LogP contribution in [0.3, 0.4) is 0 Å². The van der Waals surface area contributed by atoms with Crippen LogP contribution in [-0.4, -0.2) is 53.4 Å². The number of fused-ring (bicyclic) bond motifs is 5. The standard InChI is InChI=1S/C29H28FN7O6/c1-3-29(42)18-8-22-26-16(10-37(22)27(40)17(18)12-43-28(29)41)25-20(31-23(39)11-36-13-35(6-7-38)33-34-36)5-4-15-14(2)19(30)9-21(32-26)24(15)25/h8-9,13,20,38,42H,3-7,10-12H2,1-2H3/p+1/t20-,29-/m0/s1. The van der Waals surface area contributed by atoms with Crippen molar-refractivity contribution in [3.8, 4) is 11.4 Å². The first-order chi connectivity index (χ1) is 20.6. The molecule has 3 aliphatic rings. The van der Waals surface area contributed by atoms with Crippen molar-refractivity contribution in [2.75, 3.05) is 6.61 Å². The molecule has 43 heavy (non-hydrogen) atoms. The Labute approximate surface area is 243 Å². The Hall–Kier alpha value is -4.56. The van der Waals surface area contributed by atoms with E-state index in [-0.39, 0.29) is 56.3 Å². The van der Waals surface area contributed by atoms with E-state index in [0.29, 0.717) is 35.3 Å². The predicted molar refractivity (Wildman–Crippen MR) is 146 cm³/mol. The fourth-order valence-corrected chi connectivity index (χ4v) is 6.67.